The quantitative estimate of drug-likeness (QED) is 0.873. The number of rotatable bonds is 4. The molecule has 1 aromatic carbocycles. The second-order valence-electron chi connectivity index (χ2n) is 3.71. The largest absolute Gasteiger partial charge is 0.477 e. The summed E-state index contributed by atoms with van der Waals surface area (Å²) in [6, 6.07) is 6.26. The average Bonchev–Trinajstić information content (AvgIpc) is 2.40. The number of hydrogen-bond acceptors (Lipinski definition) is 3. The maximum absolute atomic E-state index is 13.4. The Kier molecular flexibility index (Phi) is 4.11. The van der Waals surface area contributed by atoms with E-state index in [0.717, 1.165) is 18.2 Å². The fraction of sp³-hybridized carbons (Fsp3) is 0.0769. The van der Waals surface area contributed by atoms with Crippen LogP contribution in [0.5, 0.6) is 0 Å². The summed E-state index contributed by atoms with van der Waals surface area (Å²) in [4.78, 5) is 15.1. The fourth-order valence-corrected chi connectivity index (χ4v) is 2.33. The van der Waals surface area contributed by atoms with Crippen molar-refractivity contribution < 1.29 is 18.7 Å². The Hall–Kier alpha value is -1.95. The number of hydrogen-bond donors (Lipinski definition) is 1. The van der Waals surface area contributed by atoms with Crippen molar-refractivity contribution in [3.05, 3.63) is 59.4 Å². The zero-order chi connectivity index (χ0) is 13.8. The third-order valence-corrected chi connectivity index (χ3v) is 3.40. The van der Waals surface area contributed by atoms with Gasteiger partial charge >= 0.3 is 5.97 Å². The van der Waals surface area contributed by atoms with Gasteiger partial charge in [0.15, 0.2) is 0 Å². The number of nitrogens with zero attached hydrogens (tertiary/aromatic N) is 1. The molecule has 0 atom stereocenters. The van der Waals surface area contributed by atoms with Crippen LogP contribution in [0.15, 0.2) is 41.4 Å². The second kappa shape index (κ2) is 5.79. The first-order valence-corrected chi connectivity index (χ1v) is 6.31. The summed E-state index contributed by atoms with van der Waals surface area (Å²) < 4.78 is 26.4. The number of benzene rings is 1. The molecule has 1 heterocycles. The van der Waals surface area contributed by atoms with Gasteiger partial charge in [-0.3, -0.25) is 0 Å². The van der Waals surface area contributed by atoms with Gasteiger partial charge in [0, 0.05) is 22.4 Å². The van der Waals surface area contributed by atoms with E-state index in [1.165, 1.54) is 24.0 Å². The van der Waals surface area contributed by atoms with Gasteiger partial charge in [-0.2, -0.15) is 0 Å². The van der Waals surface area contributed by atoms with Crippen LogP contribution >= 0.6 is 11.8 Å². The number of carbonyl (C=O) groups is 1. The van der Waals surface area contributed by atoms with Crippen LogP contribution in [0.2, 0.25) is 0 Å². The van der Waals surface area contributed by atoms with Gasteiger partial charge in [-0.25, -0.2) is 18.6 Å². The number of thioether (sulfide) groups is 1. The Morgan fingerprint density at radius 2 is 2.05 bits per heavy atom. The van der Waals surface area contributed by atoms with E-state index in [2.05, 4.69) is 4.98 Å². The van der Waals surface area contributed by atoms with Crippen LogP contribution in [0.1, 0.15) is 16.1 Å². The molecule has 6 heteroatoms. The number of pyridine rings is 1. The highest BCUT2D eigenvalue weighted by Crippen LogP contribution is 2.24. The van der Waals surface area contributed by atoms with Gasteiger partial charge in [0.1, 0.15) is 17.3 Å². The molecule has 0 spiro atoms. The van der Waals surface area contributed by atoms with Gasteiger partial charge in [0.25, 0.3) is 0 Å². The average molecular weight is 281 g/mol. The first-order chi connectivity index (χ1) is 9.06. The molecule has 0 saturated heterocycles. The third-order valence-electron chi connectivity index (χ3n) is 2.35. The number of aromatic nitrogens is 1. The van der Waals surface area contributed by atoms with Gasteiger partial charge in [-0.05, 0) is 30.3 Å². The molecule has 0 amide bonds. The molecule has 0 unspecified atom stereocenters. The van der Waals surface area contributed by atoms with Crippen molar-refractivity contribution in [2.75, 3.05) is 0 Å². The third kappa shape index (κ3) is 3.51. The first kappa shape index (κ1) is 13.5. The Morgan fingerprint density at radius 1 is 1.26 bits per heavy atom. The molecule has 2 aromatic rings. The molecule has 0 aliphatic carbocycles. The first-order valence-electron chi connectivity index (χ1n) is 5.32. The Balaban J connectivity index is 2.12. The topological polar surface area (TPSA) is 50.2 Å². The van der Waals surface area contributed by atoms with E-state index < -0.39 is 17.6 Å². The lowest BCUT2D eigenvalue weighted by atomic mass is 10.2. The van der Waals surface area contributed by atoms with Crippen LogP contribution in [0.25, 0.3) is 0 Å². The lowest BCUT2D eigenvalue weighted by molar-refractivity contribution is 0.0690. The van der Waals surface area contributed by atoms with Gasteiger partial charge in [0.05, 0.1) is 0 Å². The number of halogens is 2. The maximum Gasteiger partial charge on any atom is 0.354 e. The number of aromatic carboxylic acids is 1. The lowest BCUT2D eigenvalue weighted by Gasteiger charge is -2.04. The molecule has 98 valence electrons. The van der Waals surface area contributed by atoms with Crippen molar-refractivity contribution in [1.82, 2.24) is 4.98 Å². The summed E-state index contributed by atoms with van der Waals surface area (Å²) in [6.45, 7) is 0. The minimum absolute atomic E-state index is 0.0790. The summed E-state index contributed by atoms with van der Waals surface area (Å²) >= 11 is 1.22. The molecule has 19 heavy (non-hydrogen) atoms. The lowest BCUT2D eigenvalue weighted by Crippen LogP contribution is -1.99. The van der Waals surface area contributed by atoms with Gasteiger partial charge < -0.3 is 5.11 Å². The summed E-state index contributed by atoms with van der Waals surface area (Å²) in [5, 5.41) is 8.79. The fourth-order valence-electron chi connectivity index (χ4n) is 1.43. The van der Waals surface area contributed by atoms with Crippen molar-refractivity contribution in [2.24, 2.45) is 0 Å². The van der Waals surface area contributed by atoms with Gasteiger partial charge in [0.2, 0.25) is 0 Å². The van der Waals surface area contributed by atoms with Crippen LogP contribution in [0.4, 0.5) is 8.78 Å². The zero-order valence-electron chi connectivity index (χ0n) is 9.64. The van der Waals surface area contributed by atoms with Crippen molar-refractivity contribution in [2.45, 2.75) is 10.6 Å². The Morgan fingerprint density at radius 3 is 2.79 bits per heavy atom. The van der Waals surface area contributed by atoms with Crippen LogP contribution in [0, 0.1) is 11.6 Å². The van der Waals surface area contributed by atoms with E-state index in [9.17, 15) is 13.6 Å². The highest BCUT2D eigenvalue weighted by Gasteiger charge is 2.08. The highest BCUT2D eigenvalue weighted by atomic mass is 32.2. The second-order valence-corrected chi connectivity index (χ2v) is 4.76. The van der Waals surface area contributed by atoms with Gasteiger partial charge in [-0.1, -0.05) is 0 Å². The standard InChI is InChI=1S/C13H9F2NO2S/c14-9-1-2-11(15)8(5-9)7-19-10-3-4-16-12(6-10)13(17)18/h1-6H,7H2,(H,17,18). The predicted octanol–water partition coefficient (Wildman–Crippen LogP) is 3.35. The molecule has 0 aliphatic heterocycles. The van der Waals surface area contributed by atoms with E-state index in [1.807, 2.05) is 0 Å². The maximum atomic E-state index is 13.4. The minimum Gasteiger partial charge on any atom is -0.477 e. The van der Waals surface area contributed by atoms with Crippen LogP contribution in [-0.2, 0) is 5.75 Å². The molecule has 0 radical (unpaired) electrons. The van der Waals surface area contributed by atoms with E-state index >= 15 is 0 Å². The smallest absolute Gasteiger partial charge is 0.354 e. The van der Waals surface area contributed by atoms with E-state index in [4.69, 9.17) is 5.11 Å². The monoisotopic (exact) mass is 281 g/mol. The molecular weight excluding hydrogens is 272 g/mol. The molecule has 2 rings (SSSR count). The Labute approximate surface area is 112 Å². The van der Waals surface area contributed by atoms with Gasteiger partial charge in [-0.15, -0.1) is 11.8 Å². The highest BCUT2D eigenvalue weighted by molar-refractivity contribution is 7.98. The van der Waals surface area contributed by atoms with Crippen LogP contribution in [-0.4, -0.2) is 16.1 Å². The summed E-state index contributed by atoms with van der Waals surface area (Å²) in [6.07, 6.45) is 1.37. The molecule has 1 N–H and O–H groups in total. The zero-order valence-corrected chi connectivity index (χ0v) is 10.5. The molecule has 3 nitrogen and oxygen atoms in total. The van der Waals surface area contributed by atoms with Crippen molar-refractivity contribution in [3.63, 3.8) is 0 Å². The summed E-state index contributed by atoms with van der Waals surface area (Å²) in [7, 11) is 0. The molecule has 0 bridgehead atoms. The molecule has 0 fully saturated rings. The predicted molar refractivity (Wildman–Crippen MR) is 67.1 cm³/mol. The van der Waals surface area contributed by atoms with Crippen molar-refractivity contribution >= 4 is 17.7 Å². The summed E-state index contributed by atoms with van der Waals surface area (Å²) in [5.74, 6) is -1.90. The molecule has 1 aromatic heterocycles. The number of carboxylic acid groups (broad SMARTS) is 1. The summed E-state index contributed by atoms with van der Waals surface area (Å²) in [5.41, 5.74) is 0.156. The van der Waals surface area contributed by atoms with E-state index in [1.54, 1.807) is 6.07 Å². The van der Waals surface area contributed by atoms with Crippen LogP contribution < -0.4 is 0 Å². The van der Waals surface area contributed by atoms with Crippen molar-refractivity contribution in [1.29, 1.82) is 0 Å². The minimum atomic E-state index is -1.13. The SMILES string of the molecule is O=C(O)c1cc(SCc2cc(F)ccc2F)ccn1. The van der Waals surface area contributed by atoms with Crippen molar-refractivity contribution in [3.8, 4) is 0 Å². The normalized spacial score (nSPS) is 10.4. The van der Waals surface area contributed by atoms with E-state index in [0.29, 0.717) is 4.90 Å². The number of carboxylic acids is 1. The molecule has 0 saturated carbocycles. The molecular formula is C13H9F2NO2S. The molecule has 0 aliphatic rings. The van der Waals surface area contributed by atoms with Crippen LogP contribution in [0.3, 0.4) is 0 Å². The Bertz CT molecular complexity index is 619. The van der Waals surface area contributed by atoms with E-state index in [-0.39, 0.29) is 17.0 Å².